The van der Waals surface area contributed by atoms with Crippen LogP contribution in [0, 0.1) is 5.82 Å². The number of carbonyl (C=O) groups is 1. The quantitative estimate of drug-likeness (QED) is 0.782. The first kappa shape index (κ1) is 15.3. The van der Waals surface area contributed by atoms with Crippen molar-refractivity contribution in [3.8, 4) is 0 Å². The first-order valence-corrected chi connectivity index (χ1v) is 8.09. The number of nitrogens with zero attached hydrogens (tertiary/aromatic N) is 2. The molecule has 2 aromatic carbocycles. The first-order chi connectivity index (χ1) is 12.2. The van der Waals surface area contributed by atoms with E-state index in [-0.39, 0.29) is 5.91 Å². The predicted molar refractivity (Wildman–Crippen MR) is 95.7 cm³/mol. The Kier molecular flexibility index (Phi) is 3.90. The summed E-state index contributed by atoms with van der Waals surface area (Å²) < 4.78 is 13.3. The van der Waals surface area contributed by atoms with Crippen molar-refractivity contribution in [2.75, 3.05) is 16.8 Å². The van der Waals surface area contributed by atoms with E-state index in [4.69, 9.17) is 0 Å². The molecule has 0 radical (unpaired) electrons. The molecule has 1 N–H and O–H groups in total. The molecule has 1 amide bonds. The second-order valence-corrected chi connectivity index (χ2v) is 5.89. The number of para-hydroxylation sites is 1. The zero-order valence-electron chi connectivity index (χ0n) is 13.4. The molecule has 0 fully saturated rings. The van der Waals surface area contributed by atoms with Crippen molar-refractivity contribution in [3.05, 3.63) is 83.9 Å². The molecule has 2 heterocycles. The van der Waals surface area contributed by atoms with Crippen LogP contribution in [0.15, 0.2) is 66.9 Å². The maximum atomic E-state index is 13.3. The van der Waals surface area contributed by atoms with Gasteiger partial charge >= 0.3 is 0 Å². The highest BCUT2D eigenvalue weighted by Gasteiger charge is 2.20. The average molecular weight is 333 g/mol. The number of hydrogen-bond acceptors (Lipinski definition) is 3. The van der Waals surface area contributed by atoms with Gasteiger partial charge in [0.05, 0.1) is 0 Å². The topological polar surface area (TPSA) is 45.2 Å². The number of carbonyl (C=O) groups excluding carboxylic acids is 1. The van der Waals surface area contributed by atoms with E-state index < -0.39 is 5.82 Å². The van der Waals surface area contributed by atoms with Gasteiger partial charge in [-0.3, -0.25) is 9.78 Å². The van der Waals surface area contributed by atoms with Gasteiger partial charge in [0, 0.05) is 29.8 Å². The van der Waals surface area contributed by atoms with Crippen LogP contribution in [-0.4, -0.2) is 17.4 Å². The number of anilines is 3. The summed E-state index contributed by atoms with van der Waals surface area (Å²) in [4.78, 5) is 18.8. The number of pyridine rings is 1. The van der Waals surface area contributed by atoms with Gasteiger partial charge in [-0.2, -0.15) is 0 Å². The number of hydrogen-bond donors (Lipinski definition) is 1. The number of aromatic nitrogens is 1. The van der Waals surface area contributed by atoms with Gasteiger partial charge in [0.2, 0.25) is 0 Å². The number of rotatable bonds is 3. The Balaban J connectivity index is 1.59. The lowest BCUT2D eigenvalue weighted by Gasteiger charge is -2.19. The third kappa shape index (κ3) is 3.08. The summed E-state index contributed by atoms with van der Waals surface area (Å²) in [5.74, 6) is -0.756. The van der Waals surface area contributed by atoms with Gasteiger partial charge in [0.1, 0.15) is 11.5 Å². The fourth-order valence-corrected chi connectivity index (χ4v) is 3.08. The minimum absolute atomic E-state index is 0.297. The Hall–Kier alpha value is -3.21. The van der Waals surface area contributed by atoms with Crippen LogP contribution < -0.4 is 10.2 Å². The van der Waals surface area contributed by atoms with Gasteiger partial charge in [0.15, 0.2) is 0 Å². The van der Waals surface area contributed by atoms with Gasteiger partial charge < -0.3 is 10.2 Å². The van der Waals surface area contributed by atoms with Crippen molar-refractivity contribution in [2.24, 2.45) is 0 Å². The summed E-state index contributed by atoms with van der Waals surface area (Å²) in [6.07, 6.45) is 2.60. The summed E-state index contributed by atoms with van der Waals surface area (Å²) in [5.41, 5.74) is 4.08. The highest BCUT2D eigenvalue weighted by atomic mass is 19.1. The second kappa shape index (κ2) is 6.36. The maximum absolute atomic E-state index is 13.3. The Morgan fingerprint density at radius 1 is 1.08 bits per heavy atom. The molecule has 1 aliphatic heterocycles. The van der Waals surface area contributed by atoms with Crippen LogP contribution in [0.4, 0.5) is 21.5 Å². The summed E-state index contributed by atoms with van der Waals surface area (Å²) in [7, 11) is 0. The van der Waals surface area contributed by atoms with Crippen LogP contribution in [0.1, 0.15) is 16.1 Å². The van der Waals surface area contributed by atoms with Crippen molar-refractivity contribution in [1.29, 1.82) is 0 Å². The fraction of sp³-hybridized carbons (Fsp3) is 0.100. The molecular weight excluding hydrogens is 317 g/mol. The molecular formula is C20H16FN3O. The second-order valence-electron chi connectivity index (χ2n) is 5.89. The number of halogens is 1. The Morgan fingerprint density at radius 2 is 1.96 bits per heavy atom. The smallest absolute Gasteiger partial charge is 0.274 e. The van der Waals surface area contributed by atoms with Crippen LogP contribution in [0.2, 0.25) is 0 Å². The standard InChI is InChI=1S/C20H16FN3O/c21-15-5-3-6-16(12-15)23-20(25)18-13-17(8-10-22-18)24-11-9-14-4-1-2-7-19(14)24/h1-8,10,12-13H,9,11H2,(H,23,25). The van der Waals surface area contributed by atoms with Crippen molar-refractivity contribution in [1.82, 2.24) is 4.98 Å². The van der Waals surface area contributed by atoms with Crippen LogP contribution in [-0.2, 0) is 6.42 Å². The van der Waals surface area contributed by atoms with Crippen molar-refractivity contribution < 1.29 is 9.18 Å². The molecule has 3 aromatic rings. The summed E-state index contributed by atoms with van der Waals surface area (Å²) in [6.45, 7) is 0.869. The molecule has 4 nitrogen and oxygen atoms in total. The van der Waals surface area contributed by atoms with E-state index in [1.54, 1.807) is 24.4 Å². The molecule has 1 aromatic heterocycles. The Labute approximate surface area is 144 Å². The first-order valence-electron chi connectivity index (χ1n) is 8.09. The lowest BCUT2D eigenvalue weighted by molar-refractivity contribution is 0.102. The van der Waals surface area contributed by atoms with E-state index in [0.717, 1.165) is 24.3 Å². The Morgan fingerprint density at radius 3 is 2.84 bits per heavy atom. The van der Waals surface area contributed by atoms with E-state index in [1.807, 2.05) is 18.2 Å². The molecule has 4 rings (SSSR count). The summed E-state index contributed by atoms with van der Waals surface area (Å²) >= 11 is 0. The predicted octanol–water partition coefficient (Wildman–Crippen LogP) is 4.17. The van der Waals surface area contributed by atoms with Gasteiger partial charge in [-0.25, -0.2) is 4.39 Å². The van der Waals surface area contributed by atoms with Crippen LogP contribution in [0.5, 0.6) is 0 Å². The molecule has 0 saturated carbocycles. The van der Waals surface area contributed by atoms with E-state index >= 15 is 0 Å². The number of fused-ring (bicyclic) bond motifs is 1. The summed E-state index contributed by atoms with van der Waals surface area (Å²) in [6, 6.07) is 17.7. The largest absolute Gasteiger partial charge is 0.341 e. The van der Waals surface area contributed by atoms with Crippen LogP contribution in [0.25, 0.3) is 0 Å². The maximum Gasteiger partial charge on any atom is 0.274 e. The minimum Gasteiger partial charge on any atom is -0.341 e. The number of benzene rings is 2. The van der Waals surface area contributed by atoms with E-state index in [2.05, 4.69) is 27.3 Å². The van der Waals surface area contributed by atoms with Crippen LogP contribution >= 0.6 is 0 Å². The zero-order chi connectivity index (χ0) is 17.2. The minimum atomic E-state index is -0.395. The van der Waals surface area contributed by atoms with Crippen LogP contribution in [0.3, 0.4) is 0 Å². The molecule has 0 bridgehead atoms. The van der Waals surface area contributed by atoms with E-state index in [1.165, 1.54) is 17.7 Å². The lowest BCUT2D eigenvalue weighted by Crippen LogP contribution is -2.17. The third-order valence-corrected chi connectivity index (χ3v) is 4.26. The van der Waals surface area contributed by atoms with Gasteiger partial charge in [-0.1, -0.05) is 24.3 Å². The molecule has 25 heavy (non-hydrogen) atoms. The average Bonchev–Trinajstić information content (AvgIpc) is 3.06. The molecule has 0 aliphatic carbocycles. The van der Waals surface area contributed by atoms with Crippen molar-refractivity contribution in [3.63, 3.8) is 0 Å². The number of nitrogens with one attached hydrogen (secondary N) is 1. The van der Waals surface area contributed by atoms with Crippen molar-refractivity contribution >= 4 is 23.0 Å². The van der Waals surface area contributed by atoms with Gasteiger partial charge in [-0.15, -0.1) is 0 Å². The fourth-order valence-electron chi connectivity index (χ4n) is 3.08. The highest BCUT2D eigenvalue weighted by molar-refractivity contribution is 6.03. The highest BCUT2D eigenvalue weighted by Crippen LogP contribution is 2.34. The monoisotopic (exact) mass is 333 g/mol. The molecule has 0 spiro atoms. The molecule has 0 atom stereocenters. The third-order valence-electron chi connectivity index (χ3n) is 4.26. The number of amides is 1. The summed E-state index contributed by atoms with van der Waals surface area (Å²) in [5, 5.41) is 2.68. The van der Waals surface area contributed by atoms with E-state index in [0.29, 0.717) is 11.4 Å². The van der Waals surface area contributed by atoms with Crippen molar-refractivity contribution in [2.45, 2.75) is 6.42 Å². The molecule has 0 saturated heterocycles. The molecule has 124 valence electrons. The normalized spacial score (nSPS) is 12.8. The zero-order valence-corrected chi connectivity index (χ0v) is 13.4. The van der Waals surface area contributed by atoms with E-state index in [9.17, 15) is 9.18 Å². The lowest BCUT2D eigenvalue weighted by atomic mass is 10.2. The molecule has 1 aliphatic rings. The molecule has 5 heteroatoms. The molecule has 0 unspecified atom stereocenters. The Bertz CT molecular complexity index is 941. The van der Waals surface area contributed by atoms with Gasteiger partial charge in [-0.05, 0) is 48.4 Å². The van der Waals surface area contributed by atoms with Gasteiger partial charge in [0.25, 0.3) is 5.91 Å². The SMILES string of the molecule is O=C(Nc1cccc(F)c1)c1cc(N2CCc3ccccc32)ccn1.